The van der Waals surface area contributed by atoms with Crippen molar-refractivity contribution in [1.82, 2.24) is 9.97 Å². The second kappa shape index (κ2) is 6.35. The lowest BCUT2D eigenvalue weighted by Gasteiger charge is -2.10. The van der Waals surface area contributed by atoms with Crippen LogP contribution in [0.4, 0.5) is 11.5 Å². The molecule has 5 heteroatoms. The van der Waals surface area contributed by atoms with E-state index in [0.29, 0.717) is 11.5 Å². The van der Waals surface area contributed by atoms with Crippen molar-refractivity contribution in [1.29, 1.82) is 0 Å². The van der Waals surface area contributed by atoms with Crippen LogP contribution in [0.15, 0.2) is 30.6 Å². The molecule has 2 N–H and O–H groups in total. The third-order valence-corrected chi connectivity index (χ3v) is 2.95. The summed E-state index contributed by atoms with van der Waals surface area (Å²) in [6.07, 6.45) is 3.04. The van der Waals surface area contributed by atoms with Crippen molar-refractivity contribution in [3.8, 4) is 0 Å². The van der Waals surface area contributed by atoms with Gasteiger partial charge in [0.25, 0.3) is 5.91 Å². The molecule has 0 saturated heterocycles. The van der Waals surface area contributed by atoms with Gasteiger partial charge >= 0.3 is 0 Å². The molecule has 0 aliphatic carbocycles. The van der Waals surface area contributed by atoms with Crippen molar-refractivity contribution in [3.63, 3.8) is 0 Å². The summed E-state index contributed by atoms with van der Waals surface area (Å²) >= 11 is 0. The molecule has 2 rings (SSSR count). The Hall–Kier alpha value is -2.43. The van der Waals surface area contributed by atoms with Crippen LogP contribution < -0.4 is 10.6 Å². The zero-order chi connectivity index (χ0) is 15.4. The first-order chi connectivity index (χ1) is 9.95. The van der Waals surface area contributed by atoms with Gasteiger partial charge in [0.2, 0.25) is 0 Å². The van der Waals surface area contributed by atoms with E-state index in [-0.39, 0.29) is 11.9 Å². The highest BCUT2D eigenvalue weighted by molar-refractivity contribution is 6.03. The predicted molar refractivity (Wildman–Crippen MR) is 84.7 cm³/mol. The van der Waals surface area contributed by atoms with Crippen molar-refractivity contribution in [2.45, 2.75) is 33.7 Å². The number of anilines is 2. The molecule has 0 atom stereocenters. The number of carbonyl (C=O) groups is 1. The van der Waals surface area contributed by atoms with E-state index in [1.165, 1.54) is 6.20 Å². The Morgan fingerprint density at radius 3 is 2.48 bits per heavy atom. The third-order valence-electron chi connectivity index (χ3n) is 2.95. The SMILES string of the molecule is Cc1ccc(NC(=O)c2cnc(NC(C)C)cn2)c(C)c1. The van der Waals surface area contributed by atoms with Gasteiger partial charge in [0.15, 0.2) is 0 Å². The molecule has 0 aliphatic heterocycles. The fourth-order valence-electron chi connectivity index (χ4n) is 1.96. The fourth-order valence-corrected chi connectivity index (χ4v) is 1.96. The van der Waals surface area contributed by atoms with Crippen LogP contribution in [0.3, 0.4) is 0 Å². The Morgan fingerprint density at radius 2 is 1.90 bits per heavy atom. The highest BCUT2D eigenvalue weighted by atomic mass is 16.1. The first-order valence-corrected chi connectivity index (χ1v) is 6.93. The average molecular weight is 284 g/mol. The number of hydrogen-bond acceptors (Lipinski definition) is 4. The number of rotatable bonds is 4. The quantitative estimate of drug-likeness (QED) is 0.905. The van der Waals surface area contributed by atoms with Gasteiger partial charge in [0.1, 0.15) is 11.5 Å². The van der Waals surface area contributed by atoms with E-state index in [4.69, 9.17) is 0 Å². The van der Waals surface area contributed by atoms with Gasteiger partial charge in [-0.15, -0.1) is 0 Å². The minimum atomic E-state index is -0.259. The van der Waals surface area contributed by atoms with E-state index in [1.54, 1.807) is 6.20 Å². The second-order valence-electron chi connectivity index (χ2n) is 5.36. The summed E-state index contributed by atoms with van der Waals surface area (Å²) in [6.45, 7) is 8.01. The molecule has 0 radical (unpaired) electrons. The number of carbonyl (C=O) groups excluding carboxylic acids is 1. The molecule has 1 aromatic carbocycles. The second-order valence-corrected chi connectivity index (χ2v) is 5.36. The number of aryl methyl sites for hydroxylation is 2. The summed E-state index contributed by atoms with van der Waals surface area (Å²) in [5, 5.41) is 5.98. The van der Waals surface area contributed by atoms with Gasteiger partial charge < -0.3 is 10.6 Å². The molecular formula is C16H20N4O. The van der Waals surface area contributed by atoms with Gasteiger partial charge in [-0.25, -0.2) is 9.97 Å². The smallest absolute Gasteiger partial charge is 0.275 e. The molecule has 21 heavy (non-hydrogen) atoms. The van der Waals surface area contributed by atoms with Gasteiger partial charge in [-0.2, -0.15) is 0 Å². The van der Waals surface area contributed by atoms with Gasteiger partial charge in [-0.05, 0) is 39.3 Å². The standard InChI is InChI=1S/C16H20N4O/c1-10(2)19-15-9-17-14(8-18-15)16(21)20-13-6-5-11(3)7-12(13)4/h5-10H,1-4H3,(H,18,19)(H,20,21). The number of amides is 1. The molecule has 1 aromatic heterocycles. The van der Waals surface area contributed by atoms with E-state index in [9.17, 15) is 4.79 Å². The Labute approximate surface area is 124 Å². The topological polar surface area (TPSA) is 66.9 Å². The highest BCUT2D eigenvalue weighted by Crippen LogP contribution is 2.16. The molecule has 2 aromatic rings. The van der Waals surface area contributed by atoms with Crippen LogP contribution in [0, 0.1) is 13.8 Å². The van der Waals surface area contributed by atoms with Crippen molar-refractivity contribution in [2.75, 3.05) is 10.6 Å². The number of hydrogen-bond donors (Lipinski definition) is 2. The van der Waals surface area contributed by atoms with Crippen LogP contribution in [-0.4, -0.2) is 21.9 Å². The minimum Gasteiger partial charge on any atom is -0.367 e. The number of aromatic nitrogens is 2. The maximum atomic E-state index is 12.2. The van der Waals surface area contributed by atoms with Crippen LogP contribution in [0.25, 0.3) is 0 Å². The maximum Gasteiger partial charge on any atom is 0.275 e. The van der Waals surface area contributed by atoms with Crippen LogP contribution in [0.1, 0.15) is 35.5 Å². The Morgan fingerprint density at radius 1 is 1.14 bits per heavy atom. The van der Waals surface area contributed by atoms with E-state index in [1.807, 2.05) is 45.9 Å². The molecule has 0 bridgehead atoms. The Balaban J connectivity index is 2.09. The highest BCUT2D eigenvalue weighted by Gasteiger charge is 2.10. The molecule has 110 valence electrons. The summed E-state index contributed by atoms with van der Waals surface area (Å²) in [5.74, 6) is 0.401. The van der Waals surface area contributed by atoms with Crippen LogP contribution in [0.2, 0.25) is 0 Å². The van der Waals surface area contributed by atoms with Gasteiger partial charge in [-0.3, -0.25) is 4.79 Å². The molecular weight excluding hydrogens is 264 g/mol. The first-order valence-electron chi connectivity index (χ1n) is 6.93. The van der Waals surface area contributed by atoms with E-state index in [2.05, 4.69) is 20.6 Å². The zero-order valence-corrected chi connectivity index (χ0v) is 12.8. The van der Waals surface area contributed by atoms with Crippen LogP contribution in [-0.2, 0) is 0 Å². The molecule has 5 nitrogen and oxygen atoms in total. The predicted octanol–water partition coefficient (Wildman–Crippen LogP) is 3.17. The van der Waals surface area contributed by atoms with Crippen molar-refractivity contribution >= 4 is 17.4 Å². The largest absolute Gasteiger partial charge is 0.367 e. The minimum absolute atomic E-state index is 0.259. The van der Waals surface area contributed by atoms with Crippen LogP contribution >= 0.6 is 0 Å². The lowest BCUT2D eigenvalue weighted by Crippen LogP contribution is -2.16. The van der Waals surface area contributed by atoms with E-state index >= 15 is 0 Å². The lowest BCUT2D eigenvalue weighted by atomic mass is 10.1. The summed E-state index contributed by atoms with van der Waals surface area (Å²) < 4.78 is 0. The normalized spacial score (nSPS) is 10.5. The lowest BCUT2D eigenvalue weighted by molar-refractivity contribution is 0.102. The molecule has 0 unspecified atom stereocenters. The van der Waals surface area contributed by atoms with Crippen molar-refractivity contribution in [2.24, 2.45) is 0 Å². The Bertz CT molecular complexity index is 635. The summed E-state index contributed by atoms with van der Waals surface area (Å²) in [7, 11) is 0. The fraction of sp³-hybridized carbons (Fsp3) is 0.312. The van der Waals surface area contributed by atoms with E-state index in [0.717, 1.165) is 16.8 Å². The van der Waals surface area contributed by atoms with Crippen molar-refractivity contribution in [3.05, 3.63) is 47.4 Å². The maximum absolute atomic E-state index is 12.2. The molecule has 1 heterocycles. The average Bonchev–Trinajstić information content (AvgIpc) is 2.42. The molecule has 0 saturated carbocycles. The van der Waals surface area contributed by atoms with Gasteiger partial charge in [0, 0.05) is 11.7 Å². The third kappa shape index (κ3) is 4.02. The molecule has 0 aliphatic rings. The monoisotopic (exact) mass is 284 g/mol. The molecule has 0 fully saturated rings. The molecule has 0 spiro atoms. The van der Waals surface area contributed by atoms with E-state index < -0.39 is 0 Å². The summed E-state index contributed by atoms with van der Waals surface area (Å²) in [4.78, 5) is 20.5. The van der Waals surface area contributed by atoms with Gasteiger partial charge in [0.05, 0.1) is 12.4 Å². The van der Waals surface area contributed by atoms with Crippen molar-refractivity contribution < 1.29 is 4.79 Å². The summed E-state index contributed by atoms with van der Waals surface area (Å²) in [5.41, 5.74) is 3.27. The van der Waals surface area contributed by atoms with Gasteiger partial charge in [-0.1, -0.05) is 17.7 Å². The first kappa shape index (κ1) is 15.0. The Kier molecular flexibility index (Phi) is 4.52. The molecule has 1 amide bonds. The van der Waals surface area contributed by atoms with Crippen LogP contribution in [0.5, 0.6) is 0 Å². The zero-order valence-electron chi connectivity index (χ0n) is 12.8. The number of benzene rings is 1. The summed E-state index contributed by atoms with van der Waals surface area (Å²) in [6, 6.07) is 6.15. The number of nitrogens with zero attached hydrogens (tertiary/aromatic N) is 2. The number of nitrogens with one attached hydrogen (secondary N) is 2.